The number of hydrogen-bond acceptors (Lipinski definition) is 4. The van der Waals surface area contributed by atoms with Crippen LogP contribution in [0.25, 0.3) is 11.3 Å². The van der Waals surface area contributed by atoms with Crippen LogP contribution in [0.3, 0.4) is 0 Å². The summed E-state index contributed by atoms with van der Waals surface area (Å²) in [6, 6.07) is 0. The lowest BCUT2D eigenvalue weighted by Crippen LogP contribution is -2.17. The molecule has 3 N–H and O–H groups in total. The van der Waals surface area contributed by atoms with Crippen LogP contribution in [0, 0.1) is 0 Å². The number of aliphatic carboxylic acids is 1. The molecule has 8 nitrogen and oxygen atoms in total. The molecule has 0 aromatic carbocycles. The molecule has 98 valence electrons. The first-order valence-corrected chi connectivity index (χ1v) is 5.65. The Morgan fingerprint density at radius 2 is 2.16 bits per heavy atom. The number of aromatic carboxylic acids is 1. The number of H-pyrrole nitrogens is 1. The van der Waals surface area contributed by atoms with E-state index in [-0.39, 0.29) is 5.69 Å². The van der Waals surface area contributed by atoms with Crippen molar-refractivity contribution >= 4 is 11.9 Å². The first kappa shape index (κ1) is 11.5. The van der Waals surface area contributed by atoms with Crippen molar-refractivity contribution in [3.8, 4) is 11.3 Å². The summed E-state index contributed by atoms with van der Waals surface area (Å²) in [6.07, 6.45) is 2.73. The second-order valence-electron chi connectivity index (χ2n) is 4.29. The molecule has 0 saturated heterocycles. The van der Waals surface area contributed by atoms with Crippen LogP contribution in [0.2, 0.25) is 0 Å². The molecule has 2 aromatic heterocycles. The molecule has 3 rings (SSSR count). The highest BCUT2D eigenvalue weighted by molar-refractivity contribution is 5.91. The molecule has 0 amide bonds. The van der Waals surface area contributed by atoms with E-state index in [9.17, 15) is 14.7 Å². The average molecular weight is 262 g/mol. The molecule has 1 aliphatic carbocycles. The van der Waals surface area contributed by atoms with Crippen molar-refractivity contribution in [3.05, 3.63) is 23.1 Å². The predicted octanol–water partition coefficient (Wildman–Crippen LogP) is 0.155. The highest BCUT2D eigenvalue weighted by Gasteiger charge is 2.29. The van der Waals surface area contributed by atoms with E-state index in [1.165, 1.54) is 0 Å². The second kappa shape index (κ2) is 3.94. The minimum atomic E-state index is -1.16. The van der Waals surface area contributed by atoms with Gasteiger partial charge in [0.1, 0.15) is 6.54 Å². The van der Waals surface area contributed by atoms with Gasteiger partial charge in [-0.3, -0.25) is 9.89 Å². The maximum atomic E-state index is 11.3. The fourth-order valence-corrected chi connectivity index (χ4v) is 2.39. The molecule has 8 heteroatoms. The fourth-order valence-electron chi connectivity index (χ4n) is 2.39. The third-order valence-corrected chi connectivity index (χ3v) is 3.14. The van der Waals surface area contributed by atoms with Crippen molar-refractivity contribution in [1.82, 2.24) is 20.0 Å². The number of nitrogens with zero attached hydrogens (tertiary/aromatic N) is 3. The first-order chi connectivity index (χ1) is 9.08. The minimum absolute atomic E-state index is 0.0516. The van der Waals surface area contributed by atoms with Crippen LogP contribution in [0.15, 0.2) is 6.20 Å². The normalized spacial score (nSPS) is 12.8. The molecule has 19 heavy (non-hydrogen) atoms. The van der Waals surface area contributed by atoms with Crippen molar-refractivity contribution < 1.29 is 19.8 Å². The highest BCUT2D eigenvalue weighted by Crippen LogP contribution is 2.33. The summed E-state index contributed by atoms with van der Waals surface area (Å²) in [7, 11) is 0. The van der Waals surface area contributed by atoms with Gasteiger partial charge in [0.2, 0.25) is 0 Å². The number of fused-ring (bicyclic) bond motifs is 3. The van der Waals surface area contributed by atoms with Gasteiger partial charge in [-0.05, 0) is 12.8 Å². The van der Waals surface area contributed by atoms with Crippen molar-refractivity contribution in [3.63, 3.8) is 0 Å². The Kier molecular flexibility index (Phi) is 2.37. The Morgan fingerprint density at radius 1 is 1.37 bits per heavy atom. The van der Waals surface area contributed by atoms with Gasteiger partial charge >= 0.3 is 11.9 Å². The van der Waals surface area contributed by atoms with Gasteiger partial charge in [0.25, 0.3) is 0 Å². The lowest BCUT2D eigenvalue weighted by molar-refractivity contribution is -0.137. The van der Waals surface area contributed by atoms with Crippen LogP contribution in [-0.2, 0) is 24.2 Å². The van der Waals surface area contributed by atoms with Gasteiger partial charge in [0.05, 0.1) is 11.9 Å². The maximum Gasteiger partial charge on any atom is 0.354 e. The van der Waals surface area contributed by atoms with Crippen LogP contribution < -0.4 is 0 Å². The van der Waals surface area contributed by atoms with E-state index in [0.29, 0.717) is 24.1 Å². The number of carboxylic acid groups (broad SMARTS) is 2. The molecule has 0 radical (unpaired) electrons. The van der Waals surface area contributed by atoms with E-state index in [1.807, 2.05) is 0 Å². The topological polar surface area (TPSA) is 121 Å². The van der Waals surface area contributed by atoms with E-state index >= 15 is 0 Å². The SMILES string of the molecule is O=C(O)Cn1nc2c(c1C(=O)O)CCc1[nH]ncc1-2. The summed E-state index contributed by atoms with van der Waals surface area (Å²) < 4.78 is 1.03. The van der Waals surface area contributed by atoms with Gasteiger partial charge in [0, 0.05) is 16.8 Å². The number of carbonyl (C=O) groups is 2. The lowest BCUT2D eigenvalue weighted by atomic mass is 9.94. The Bertz CT molecular complexity index is 685. The summed E-state index contributed by atoms with van der Waals surface area (Å²) in [4.78, 5) is 22.1. The number of aryl methyl sites for hydroxylation is 1. The third-order valence-electron chi connectivity index (χ3n) is 3.14. The smallest absolute Gasteiger partial charge is 0.354 e. The van der Waals surface area contributed by atoms with Gasteiger partial charge in [0.15, 0.2) is 5.69 Å². The van der Waals surface area contributed by atoms with E-state index < -0.39 is 18.5 Å². The standard InChI is InChI=1S/C11H10N4O4/c16-8(17)4-15-10(11(18)19)5-1-2-7-6(3-12-13-7)9(5)14-15/h3H,1-2,4H2,(H,12,13)(H,16,17)(H,18,19). The highest BCUT2D eigenvalue weighted by atomic mass is 16.4. The average Bonchev–Trinajstić information content (AvgIpc) is 2.89. The zero-order valence-electron chi connectivity index (χ0n) is 9.75. The van der Waals surface area contributed by atoms with Gasteiger partial charge < -0.3 is 10.2 Å². The van der Waals surface area contributed by atoms with E-state index in [2.05, 4.69) is 15.3 Å². The van der Waals surface area contributed by atoms with Gasteiger partial charge in [-0.2, -0.15) is 10.2 Å². The van der Waals surface area contributed by atoms with Crippen molar-refractivity contribution in [2.24, 2.45) is 0 Å². The minimum Gasteiger partial charge on any atom is -0.480 e. The summed E-state index contributed by atoms with van der Waals surface area (Å²) in [6.45, 7) is -0.470. The fraction of sp³-hybridized carbons (Fsp3) is 0.273. The Hall–Kier alpha value is -2.64. The summed E-state index contributed by atoms with van der Waals surface area (Å²) >= 11 is 0. The summed E-state index contributed by atoms with van der Waals surface area (Å²) in [5.41, 5.74) is 2.66. The molecule has 0 fully saturated rings. The zero-order chi connectivity index (χ0) is 13.6. The Morgan fingerprint density at radius 3 is 2.84 bits per heavy atom. The predicted molar refractivity (Wildman–Crippen MR) is 61.8 cm³/mol. The largest absolute Gasteiger partial charge is 0.480 e. The maximum absolute atomic E-state index is 11.3. The van der Waals surface area contributed by atoms with Crippen LogP contribution in [0.1, 0.15) is 21.7 Å². The number of nitrogens with one attached hydrogen (secondary N) is 1. The molecular formula is C11H10N4O4. The van der Waals surface area contributed by atoms with Crippen molar-refractivity contribution in [2.45, 2.75) is 19.4 Å². The summed E-state index contributed by atoms with van der Waals surface area (Å²) in [5, 5.41) is 28.9. The lowest BCUT2D eigenvalue weighted by Gasteiger charge is -2.09. The number of carboxylic acids is 2. The Balaban J connectivity index is 2.20. The monoisotopic (exact) mass is 262 g/mol. The van der Waals surface area contributed by atoms with Crippen molar-refractivity contribution in [2.75, 3.05) is 0 Å². The van der Waals surface area contributed by atoms with Crippen molar-refractivity contribution in [1.29, 1.82) is 0 Å². The molecule has 1 aliphatic rings. The van der Waals surface area contributed by atoms with E-state index in [0.717, 1.165) is 15.9 Å². The number of hydrogen-bond donors (Lipinski definition) is 3. The molecule has 2 heterocycles. The number of aromatic nitrogens is 4. The molecule has 0 atom stereocenters. The summed E-state index contributed by atoms with van der Waals surface area (Å²) in [5.74, 6) is -2.29. The number of rotatable bonds is 3. The molecular weight excluding hydrogens is 252 g/mol. The number of aromatic amines is 1. The van der Waals surface area contributed by atoms with Gasteiger partial charge in [-0.15, -0.1) is 0 Å². The Labute approximate surface area is 106 Å². The van der Waals surface area contributed by atoms with E-state index in [1.54, 1.807) is 6.20 Å². The van der Waals surface area contributed by atoms with Crippen LogP contribution in [0.4, 0.5) is 0 Å². The molecule has 0 bridgehead atoms. The molecule has 0 spiro atoms. The van der Waals surface area contributed by atoms with Crippen LogP contribution in [-0.4, -0.2) is 42.1 Å². The zero-order valence-corrected chi connectivity index (χ0v) is 9.75. The molecule has 0 unspecified atom stereocenters. The van der Waals surface area contributed by atoms with Gasteiger partial charge in [-0.1, -0.05) is 0 Å². The third kappa shape index (κ3) is 1.68. The van der Waals surface area contributed by atoms with Gasteiger partial charge in [-0.25, -0.2) is 9.48 Å². The quantitative estimate of drug-likeness (QED) is 0.724. The molecule has 0 aliphatic heterocycles. The molecule has 0 saturated carbocycles. The molecule has 2 aromatic rings. The first-order valence-electron chi connectivity index (χ1n) is 5.65. The van der Waals surface area contributed by atoms with Crippen LogP contribution >= 0.6 is 0 Å². The van der Waals surface area contributed by atoms with Crippen LogP contribution in [0.5, 0.6) is 0 Å². The second-order valence-corrected chi connectivity index (χ2v) is 4.29. The van der Waals surface area contributed by atoms with E-state index in [4.69, 9.17) is 5.11 Å².